The zero-order chi connectivity index (χ0) is 12.8. The van der Waals surface area contributed by atoms with E-state index in [1.54, 1.807) is 0 Å². The van der Waals surface area contributed by atoms with Crippen molar-refractivity contribution in [3.63, 3.8) is 0 Å². The Morgan fingerprint density at radius 1 is 1.59 bits per heavy atom. The zero-order valence-corrected chi connectivity index (χ0v) is 9.16. The molecule has 8 heteroatoms. The topological polar surface area (TPSA) is 81.7 Å². The van der Waals surface area contributed by atoms with Crippen molar-refractivity contribution >= 4 is 11.8 Å². The molecule has 0 radical (unpaired) electrons. The van der Waals surface area contributed by atoms with E-state index in [1.807, 2.05) is 0 Å². The first-order chi connectivity index (χ1) is 8.04. The number of alkyl halides is 2. The molecule has 3 N–H and O–H groups in total. The second-order valence-electron chi connectivity index (χ2n) is 3.64. The number of aliphatic hydroxyl groups is 1. The molecule has 1 aliphatic rings. The summed E-state index contributed by atoms with van der Waals surface area (Å²) in [6, 6.07) is -0.710. The zero-order valence-electron chi connectivity index (χ0n) is 9.16. The van der Waals surface area contributed by atoms with Gasteiger partial charge in [-0.05, 0) is 0 Å². The van der Waals surface area contributed by atoms with Crippen molar-refractivity contribution in [2.45, 2.75) is 12.5 Å². The Bertz CT molecular complexity index is 279. The highest BCUT2D eigenvalue weighted by molar-refractivity contribution is 5.86. The first kappa shape index (κ1) is 13.8. The first-order valence-electron chi connectivity index (χ1n) is 5.22. The van der Waals surface area contributed by atoms with Crippen molar-refractivity contribution in [2.24, 2.45) is 0 Å². The Morgan fingerprint density at radius 3 is 2.76 bits per heavy atom. The van der Waals surface area contributed by atoms with E-state index in [0.29, 0.717) is 0 Å². The number of halogens is 2. The normalized spacial score (nSPS) is 20.2. The van der Waals surface area contributed by atoms with Crippen LogP contribution >= 0.6 is 0 Å². The van der Waals surface area contributed by atoms with Gasteiger partial charge in [-0.25, -0.2) is 8.78 Å². The van der Waals surface area contributed by atoms with Gasteiger partial charge in [0, 0.05) is 13.1 Å². The summed E-state index contributed by atoms with van der Waals surface area (Å²) in [6.07, 6.45) is -2.65. The third kappa shape index (κ3) is 4.23. The summed E-state index contributed by atoms with van der Waals surface area (Å²) < 4.78 is 24.5. The Balaban J connectivity index is 2.54. The van der Waals surface area contributed by atoms with Gasteiger partial charge in [-0.1, -0.05) is 0 Å². The SMILES string of the molecule is O=C1CNC(C(=O)N(CCO)CC(F)F)CN1. The minimum Gasteiger partial charge on any atom is -0.395 e. The molecule has 0 aromatic heterocycles. The van der Waals surface area contributed by atoms with Crippen LogP contribution < -0.4 is 10.6 Å². The first-order valence-corrected chi connectivity index (χ1v) is 5.22. The second-order valence-corrected chi connectivity index (χ2v) is 3.64. The predicted molar refractivity (Wildman–Crippen MR) is 54.5 cm³/mol. The maximum absolute atomic E-state index is 12.2. The summed E-state index contributed by atoms with van der Waals surface area (Å²) in [5.41, 5.74) is 0. The monoisotopic (exact) mass is 251 g/mol. The molecule has 0 aliphatic carbocycles. The summed E-state index contributed by atoms with van der Waals surface area (Å²) in [5.74, 6) is -0.782. The lowest BCUT2D eigenvalue weighted by atomic mass is 10.2. The van der Waals surface area contributed by atoms with Crippen LogP contribution in [0, 0.1) is 0 Å². The van der Waals surface area contributed by atoms with E-state index in [1.165, 1.54) is 0 Å². The largest absolute Gasteiger partial charge is 0.395 e. The number of amides is 2. The van der Waals surface area contributed by atoms with Crippen LogP contribution in [0.4, 0.5) is 8.78 Å². The van der Waals surface area contributed by atoms with E-state index in [0.717, 1.165) is 4.90 Å². The molecule has 0 bridgehead atoms. The number of carbonyl (C=O) groups excluding carboxylic acids is 2. The third-order valence-electron chi connectivity index (χ3n) is 2.35. The van der Waals surface area contributed by atoms with Crippen molar-refractivity contribution in [1.29, 1.82) is 0 Å². The Kier molecular flexibility index (Phi) is 5.23. The lowest BCUT2D eigenvalue weighted by molar-refractivity contribution is -0.137. The lowest BCUT2D eigenvalue weighted by Crippen LogP contribution is -2.59. The predicted octanol–water partition coefficient (Wildman–Crippen LogP) is -1.84. The van der Waals surface area contributed by atoms with Crippen molar-refractivity contribution in [2.75, 3.05) is 32.8 Å². The van der Waals surface area contributed by atoms with Crippen LogP contribution in [0.5, 0.6) is 0 Å². The quantitative estimate of drug-likeness (QED) is 0.536. The molecule has 6 nitrogen and oxygen atoms in total. The van der Waals surface area contributed by atoms with Gasteiger partial charge in [-0.15, -0.1) is 0 Å². The second kappa shape index (κ2) is 6.45. The molecule has 17 heavy (non-hydrogen) atoms. The standard InChI is InChI=1S/C9H15F2N3O3/c10-7(11)5-14(1-2-15)9(17)6-3-13-8(16)4-12-6/h6-7,12,15H,1-5H2,(H,13,16). The molecule has 0 saturated carbocycles. The summed E-state index contributed by atoms with van der Waals surface area (Å²) in [4.78, 5) is 23.5. The van der Waals surface area contributed by atoms with Gasteiger partial charge in [0.15, 0.2) is 0 Å². The highest BCUT2D eigenvalue weighted by Gasteiger charge is 2.28. The fourth-order valence-corrected chi connectivity index (χ4v) is 1.54. The van der Waals surface area contributed by atoms with Crippen LogP contribution in [0.2, 0.25) is 0 Å². The molecule has 0 aromatic rings. The summed E-state index contributed by atoms with van der Waals surface area (Å²) >= 11 is 0. The van der Waals surface area contributed by atoms with Crippen LogP contribution in [0.15, 0.2) is 0 Å². The number of nitrogens with one attached hydrogen (secondary N) is 2. The van der Waals surface area contributed by atoms with Crippen LogP contribution in [-0.4, -0.2) is 67.1 Å². The lowest BCUT2D eigenvalue weighted by Gasteiger charge is -2.29. The molecular weight excluding hydrogens is 236 g/mol. The molecule has 98 valence electrons. The number of hydrogen-bond donors (Lipinski definition) is 3. The third-order valence-corrected chi connectivity index (χ3v) is 2.35. The maximum Gasteiger partial charge on any atom is 0.255 e. The fraction of sp³-hybridized carbons (Fsp3) is 0.778. The van der Waals surface area contributed by atoms with Gasteiger partial charge < -0.3 is 15.3 Å². The van der Waals surface area contributed by atoms with Crippen molar-refractivity contribution in [3.05, 3.63) is 0 Å². The minimum atomic E-state index is -2.65. The van der Waals surface area contributed by atoms with Crippen LogP contribution in [0.25, 0.3) is 0 Å². The number of carbonyl (C=O) groups is 2. The van der Waals surface area contributed by atoms with Gasteiger partial charge in [0.05, 0.1) is 19.7 Å². The van der Waals surface area contributed by atoms with Gasteiger partial charge in [0.1, 0.15) is 6.04 Å². The Morgan fingerprint density at radius 2 is 2.29 bits per heavy atom. The van der Waals surface area contributed by atoms with Crippen LogP contribution in [0.3, 0.4) is 0 Å². The summed E-state index contributed by atoms with van der Waals surface area (Å²) in [7, 11) is 0. The number of aliphatic hydroxyl groups excluding tert-OH is 1. The molecule has 0 aromatic carbocycles. The molecule has 1 saturated heterocycles. The molecule has 1 atom stereocenters. The van der Waals surface area contributed by atoms with Gasteiger partial charge in [0.25, 0.3) is 6.43 Å². The van der Waals surface area contributed by atoms with Crippen LogP contribution in [0.1, 0.15) is 0 Å². The van der Waals surface area contributed by atoms with Crippen molar-refractivity contribution in [3.8, 4) is 0 Å². The highest BCUT2D eigenvalue weighted by Crippen LogP contribution is 2.02. The Labute approximate surface area is 97.0 Å². The number of rotatable bonds is 5. The summed E-state index contributed by atoms with van der Waals surface area (Å²) in [6.45, 7) is -1.18. The highest BCUT2D eigenvalue weighted by atomic mass is 19.3. The fourth-order valence-electron chi connectivity index (χ4n) is 1.54. The van der Waals surface area contributed by atoms with E-state index < -0.39 is 24.9 Å². The molecule has 1 fully saturated rings. The van der Waals surface area contributed by atoms with E-state index in [4.69, 9.17) is 5.11 Å². The average molecular weight is 251 g/mol. The van der Waals surface area contributed by atoms with Gasteiger partial charge >= 0.3 is 0 Å². The van der Waals surface area contributed by atoms with Gasteiger partial charge in [0.2, 0.25) is 11.8 Å². The molecule has 1 rings (SSSR count). The van der Waals surface area contributed by atoms with E-state index in [2.05, 4.69) is 10.6 Å². The molecule has 0 spiro atoms. The molecule has 1 aliphatic heterocycles. The maximum atomic E-state index is 12.2. The molecule has 1 unspecified atom stereocenters. The van der Waals surface area contributed by atoms with Crippen LogP contribution in [-0.2, 0) is 9.59 Å². The minimum absolute atomic E-state index is 0.0158. The van der Waals surface area contributed by atoms with E-state index in [-0.39, 0.29) is 32.1 Å². The van der Waals surface area contributed by atoms with Gasteiger partial charge in [-0.2, -0.15) is 0 Å². The molecule has 2 amide bonds. The molecular formula is C9H15F2N3O3. The average Bonchev–Trinajstić information content (AvgIpc) is 2.28. The van der Waals surface area contributed by atoms with Crippen molar-refractivity contribution in [1.82, 2.24) is 15.5 Å². The smallest absolute Gasteiger partial charge is 0.255 e. The number of piperazine rings is 1. The Hall–Kier alpha value is -1.28. The number of hydrogen-bond acceptors (Lipinski definition) is 4. The van der Waals surface area contributed by atoms with E-state index in [9.17, 15) is 18.4 Å². The number of nitrogens with zero attached hydrogens (tertiary/aromatic N) is 1. The van der Waals surface area contributed by atoms with E-state index >= 15 is 0 Å². The summed E-state index contributed by atoms with van der Waals surface area (Å²) in [5, 5.41) is 13.8. The van der Waals surface area contributed by atoms with Gasteiger partial charge in [-0.3, -0.25) is 14.9 Å². The molecule has 1 heterocycles. The van der Waals surface area contributed by atoms with Crippen molar-refractivity contribution < 1.29 is 23.5 Å².